The number of fused-ring (bicyclic) bond motifs is 1. The largest absolute Gasteiger partial charge is 0.481 e. The van der Waals surface area contributed by atoms with Crippen molar-refractivity contribution in [2.75, 3.05) is 31.5 Å². The van der Waals surface area contributed by atoms with E-state index in [9.17, 15) is 19.5 Å². The van der Waals surface area contributed by atoms with Crippen LogP contribution < -0.4 is 10.6 Å². The van der Waals surface area contributed by atoms with Crippen LogP contribution in [0, 0.1) is 0 Å². The lowest BCUT2D eigenvalue weighted by molar-refractivity contribution is -0.143. The molecule has 164 valence electrons. The maximum atomic E-state index is 13.0. The summed E-state index contributed by atoms with van der Waals surface area (Å²) in [5, 5.41) is 15.3. The number of amides is 2. The Bertz CT molecular complexity index is 903. The van der Waals surface area contributed by atoms with Gasteiger partial charge in [0.05, 0.1) is 18.9 Å². The van der Waals surface area contributed by atoms with Crippen molar-refractivity contribution in [1.82, 2.24) is 15.2 Å². The summed E-state index contributed by atoms with van der Waals surface area (Å²) >= 11 is 0. The Balaban J connectivity index is 1.46. The van der Waals surface area contributed by atoms with Gasteiger partial charge >= 0.3 is 5.97 Å². The molecule has 3 rings (SSSR count). The van der Waals surface area contributed by atoms with E-state index in [0.29, 0.717) is 19.5 Å². The van der Waals surface area contributed by atoms with E-state index in [0.717, 1.165) is 36.3 Å². The van der Waals surface area contributed by atoms with Crippen LogP contribution >= 0.6 is 0 Å². The summed E-state index contributed by atoms with van der Waals surface area (Å²) < 4.78 is 0. The molecular formula is C23H28N4O4. The number of carbonyl (C=O) groups is 3. The number of unbranched alkanes of at least 4 members (excludes halogenated alkanes) is 1. The van der Waals surface area contributed by atoms with Gasteiger partial charge in [0.1, 0.15) is 5.82 Å². The van der Waals surface area contributed by atoms with Gasteiger partial charge in [-0.2, -0.15) is 0 Å². The summed E-state index contributed by atoms with van der Waals surface area (Å²) in [7, 11) is 0. The molecule has 1 unspecified atom stereocenters. The molecule has 1 aromatic heterocycles. The summed E-state index contributed by atoms with van der Waals surface area (Å²) in [6.07, 6.45) is 3.72. The fourth-order valence-corrected chi connectivity index (χ4v) is 3.74. The van der Waals surface area contributed by atoms with E-state index in [1.807, 2.05) is 42.5 Å². The Kier molecular flexibility index (Phi) is 7.98. The molecule has 31 heavy (non-hydrogen) atoms. The summed E-state index contributed by atoms with van der Waals surface area (Å²) in [6, 6.07) is 13.1. The zero-order chi connectivity index (χ0) is 22.1. The highest BCUT2D eigenvalue weighted by Gasteiger charge is 2.33. The van der Waals surface area contributed by atoms with Crippen molar-refractivity contribution in [1.29, 1.82) is 0 Å². The minimum atomic E-state index is -1.03. The summed E-state index contributed by atoms with van der Waals surface area (Å²) in [5.74, 6) is -1.50. The monoisotopic (exact) mass is 424 g/mol. The number of rotatable bonds is 10. The number of carboxylic acids is 1. The van der Waals surface area contributed by atoms with Gasteiger partial charge in [0, 0.05) is 25.8 Å². The first kappa shape index (κ1) is 22.3. The van der Waals surface area contributed by atoms with Crippen LogP contribution in [0.15, 0.2) is 48.7 Å². The second kappa shape index (κ2) is 11.1. The molecule has 2 heterocycles. The number of aliphatic carboxylic acids is 1. The van der Waals surface area contributed by atoms with Gasteiger partial charge in [-0.05, 0) is 42.5 Å². The van der Waals surface area contributed by atoms with Gasteiger partial charge in [-0.1, -0.05) is 30.3 Å². The lowest BCUT2D eigenvalue weighted by Crippen LogP contribution is -2.43. The zero-order valence-corrected chi connectivity index (χ0v) is 17.4. The molecule has 0 bridgehead atoms. The topological polar surface area (TPSA) is 112 Å². The molecule has 3 N–H and O–H groups in total. The van der Waals surface area contributed by atoms with E-state index in [-0.39, 0.29) is 24.8 Å². The van der Waals surface area contributed by atoms with Gasteiger partial charge in [0.2, 0.25) is 11.8 Å². The predicted octanol–water partition coefficient (Wildman–Crippen LogP) is 2.03. The molecule has 8 nitrogen and oxygen atoms in total. The number of anilines is 1. The van der Waals surface area contributed by atoms with E-state index in [1.165, 1.54) is 4.90 Å². The molecule has 1 aliphatic heterocycles. The van der Waals surface area contributed by atoms with Crippen molar-refractivity contribution in [3.8, 4) is 0 Å². The number of nitrogens with one attached hydrogen (secondary N) is 2. The second-order valence-corrected chi connectivity index (χ2v) is 7.56. The molecular weight excluding hydrogens is 396 g/mol. The molecule has 1 atom stereocenters. The number of hydrogen-bond acceptors (Lipinski definition) is 5. The summed E-state index contributed by atoms with van der Waals surface area (Å²) in [6.45, 7) is 1.61. The number of carboxylic acid groups (broad SMARTS) is 1. The Labute approximate surface area is 181 Å². The van der Waals surface area contributed by atoms with Crippen molar-refractivity contribution < 1.29 is 19.5 Å². The molecule has 0 saturated carbocycles. The average Bonchev–Trinajstić information content (AvgIpc) is 2.89. The van der Waals surface area contributed by atoms with E-state index >= 15 is 0 Å². The minimum Gasteiger partial charge on any atom is -0.481 e. The highest BCUT2D eigenvalue weighted by Crippen LogP contribution is 2.29. The molecule has 8 heteroatoms. The minimum absolute atomic E-state index is 0.0604. The first-order valence-electron chi connectivity index (χ1n) is 10.5. The van der Waals surface area contributed by atoms with Gasteiger partial charge in [-0.15, -0.1) is 0 Å². The molecule has 1 aliphatic rings. The lowest BCUT2D eigenvalue weighted by Gasteiger charge is -2.23. The average molecular weight is 425 g/mol. The van der Waals surface area contributed by atoms with Gasteiger partial charge in [-0.25, -0.2) is 4.98 Å². The number of aromatic nitrogens is 1. The maximum absolute atomic E-state index is 13.0. The molecule has 1 aromatic carbocycles. The van der Waals surface area contributed by atoms with Crippen LogP contribution in [0.25, 0.3) is 0 Å². The van der Waals surface area contributed by atoms with Gasteiger partial charge in [0.25, 0.3) is 0 Å². The van der Waals surface area contributed by atoms with Crippen LogP contribution in [0.2, 0.25) is 0 Å². The van der Waals surface area contributed by atoms with Crippen LogP contribution in [-0.2, 0) is 20.8 Å². The lowest BCUT2D eigenvalue weighted by atomic mass is 9.91. The first-order chi connectivity index (χ1) is 15.0. The number of benzene rings is 1. The number of carbonyl (C=O) groups excluding carboxylic acids is 2. The van der Waals surface area contributed by atoms with Crippen LogP contribution in [0.4, 0.5) is 5.82 Å². The Morgan fingerprint density at radius 2 is 1.87 bits per heavy atom. The molecule has 2 aromatic rings. The summed E-state index contributed by atoms with van der Waals surface area (Å²) in [5.41, 5.74) is 1.71. The second-order valence-electron chi connectivity index (χ2n) is 7.56. The van der Waals surface area contributed by atoms with Crippen molar-refractivity contribution in [3.63, 3.8) is 0 Å². The predicted molar refractivity (Wildman–Crippen MR) is 117 cm³/mol. The van der Waals surface area contributed by atoms with E-state index in [2.05, 4.69) is 15.6 Å². The number of nitrogens with zero attached hydrogens (tertiary/aromatic N) is 2. The molecule has 0 aliphatic carbocycles. The molecule has 0 spiro atoms. The fourth-order valence-electron chi connectivity index (χ4n) is 3.74. The van der Waals surface area contributed by atoms with Gasteiger partial charge in [-0.3, -0.25) is 14.4 Å². The van der Waals surface area contributed by atoms with Crippen LogP contribution in [-0.4, -0.2) is 59.0 Å². The Morgan fingerprint density at radius 1 is 1.10 bits per heavy atom. The number of hydrogen-bond donors (Lipinski definition) is 3. The third-order valence-corrected chi connectivity index (χ3v) is 5.30. The van der Waals surface area contributed by atoms with Gasteiger partial charge < -0.3 is 20.6 Å². The Morgan fingerprint density at radius 3 is 2.65 bits per heavy atom. The molecule has 2 amide bonds. The van der Waals surface area contributed by atoms with Gasteiger partial charge in [0.15, 0.2) is 0 Å². The van der Waals surface area contributed by atoms with Crippen molar-refractivity contribution in [2.24, 2.45) is 0 Å². The van der Waals surface area contributed by atoms with Crippen LogP contribution in [0.5, 0.6) is 0 Å². The highest BCUT2D eigenvalue weighted by molar-refractivity contribution is 5.91. The molecule has 0 saturated heterocycles. The third-order valence-electron chi connectivity index (χ3n) is 5.30. The standard InChI is InChI=1S/C23H28N4O4/c28-21(26-13-6-5-12-25-20-9-3-4-11-24-20)16-27-14-10-17-7-1-2-8-18(17)19(23(27)31)15-22(29)30/h1-4,7-9,11,19H,5-6,10,12-16H2,(H,24,25)(H,26,28)(H,29,30). The van der Waals surface area contributed by atoms with Crippen LogP contribution in [0.1, 0.15) is 36.3 Å². The van der Waals surface area contributed by atoms with E-state index in [1.54, 1.807) is 6.20 Å². The molecule has 0 radical (unpaired) electrons. The van der Waals surface area contributed by atoms with E-state index in [4.69, 9.17) is 0 Å². The van der Waals surface area contributed by atoms with Crippen molar-refractivity contribution in [3.05, 3.63) is 59.8 Å². The normalized spacial score (nSPS) is 15.7. The summed E-state index contributed by atoms with van der Waals surface area (Å²) in [4.78, 5) is 42.4. The van der Waals surface area contributed by atoms with E-state index < -0.39 is 11.9 Å². The van der Waals surface area contributed by atoms with Crippen molar-refractivity contribution >= 4 is 23.6 Å². The zero-order valence-electron chi connectivity index (χ0n) is 17.4. The smallest absolute Gasteiger partial charge is 0.304 e. The van der Waals surface area contributed by atoms with Crippen molar-refractivity contribution in [2.45, 2.75) is 31.6 Å². The Hall–Kier alpha value is -3.42. The SMILES string of the molecule is O=C(O)CC1C(=O)N(CC(=O)NCCCCNc2ccccn2)CCc2ccccc21. The molecule has 0 fully saturated rings. The number of pyridine rings is 1. The fraction of sp³-hybridized carbons (Fsp3) is 0.391. The quantitative estimate of drug-likeness (QED) is 0.503. The maximum Gasteiger partial charge on any atom is 0.304 e. The highest BCUT2D eigenvalue weighted by atomic mass is 16.4. The third kappa shape index (κ3) is 6.53. The first-order valence-corrected chi connectivity index (χ1v) is 10.5. The van der Waals surface area contributed by atoms with Crippen LogP contribution in [0.3, 0.4) is 0 Å².